The summed E-state index contributed by atoms with van der Waals surface area (Å²) in [6.45, 7) is 2.69. The second-order valence-electron chi connectivity index (χ2n) is 4.61. The molecule has 0 fully saturated rings. The zero-order valence-electron chi connectivity index (χ0n) is 12.2. The third-order valence-electron chi connectivity index (χ3n) is 2.68. The maximum absolute atomic E-state index is 12.0. The Bertz CT molecular complexity index is 667. The number of nitrogens with one attached hydrogen (secondary N) is 1. The highest BCUT2D eigenvalue weighted by Crippen LogP contribution is 2.22. The standard InChI is InChI=1S/C14H15F3N4OS/c1-9-6-19-12(23-9)8-21-13(18)20-7-10-2-4-11(5-3-10)22-14(15,16)17/h2-6H,7-8H2,1H3,(H3,18,20,21). The van der Waals surface area contributed by atoms with Crippen LogP contribution < -0.4 is 15.8 Å². The Hall–Kier alpha value is -2.29. The maximum Gasteiger partial charge on any atom is 0.573 e. The number of halogens is 3. The molecule has 9 heteroatoms. The second-order valence-corrected chi connectivity index (χ2v) is 5.93. The van der Waals surface area contributed by atoms with Crippen molar-refractivity contribution in [3.63, 3.8) is 0 Å². The highest BCUT2D eigenvalue weighted by molar-refractivity contribution is 7.11. The number of thiazole rings is 1. The maximum atomic E-state index is 12.0. The fraction of sp³-hybridized carbons (Fsp3) is 0.286. The van der Waals surface area contributed by atoms with Crippen LogP contribution >= 0.6 is 11.3 Å². The fourth-order valence-corrected chi connectivity index (χ4v) is 2.41. The van der Waals surface area contributed by atoms with E-state index >= 15 is 0 Å². The monoisotopic (exact) mass is 344 g/mol. The first-order valence-electron chi connectivity index (χ1n) is 6.61. The summed E-state index contributed by atoms with van der Waals surface area (Å²) in [5.41, 5.74) is 6.45. The molecule has 0 saturated heterocycles. The van der Waals surface area contributed by atoms with Gasteiger partial charge >= 0.3 is 6.36 Å². The lowest BCUT2D eigenvalue weighted by molar-refractivity contribution is -0.274. The number of ether oxygens (including phenoxy) is 1. The van der Waals surface area contributed by atoms with Crippen LogP contribution in [0.5, 0.6) is 5.75 Å². The molecule has 0 aliphatic carbocycles. The number of rotatable bonds is 5. The SMILES string of the molecule is Cc1cnc(CNC(N)=NCc2ccc(OC(F)(F)F)cc2)s1. The van der Waals surface area contributed by atoms with Crippen molar-refractivity contribution in [2.24, 2.45) is 10.7 Å². The summed E-state index contributed by atoms with van der Waals surface area (Å²) < 4.78 is 39.9. The average molecular weight is 344 g/mol. The van der Waals surface area contributed by atoms with Crippen LogP contribution in [0.2, 0.25) is 0 Å². The number of aliphatic imine (C=N–C) groups is 1. The quantitative estimate of drug-likeness (QED) is 0.646. The van der Waals surface area contributed by atoms with E-state index in [9.17, 15) is 13.2 Å². The normalized spacial score (nSPS) is 12.3. The zero-order valence-corrected chi connectivity index (χ0v) is 13.0. The lowest BCUT2D eigenvalue weighted by Gasteiger charge is -2.09. The largest absolute Gasteiger partial charge is 0.573 e. The minimum atomic E-state index is -4.69. The van der Waals surface area contributed by atoms with Gasteiger partial charge in [-0.25, -0.2) is 9.98 Å². The van der Waals surface area contributed by atoms with Crippen molar-refractivity contribution in [3.05, 3.63) is 45.9 Å². The highest BCUT2D eigenvalue weighted by atomic mass is 32.1. The van der Waals surface area contributed by atoms with Crippen molar-refractivity contribution < 1.29 is 17.9 Å². The Morgan fingerprint density at radius 2 is 2.04 bits per heavy atom. The molecule has 0 atom stereocenters. The summed E-state index contributed by atoms with van der Waals surface area (Å²) in [5.74, 6) is -0.0241. The van der Waals surface area contributed by atoms with Crippen molar-refractivity contribution in [1.82, 2.24) is 10.3 Å². The minimum absolute atomic E-state index is 0.244. The van der Waals surface area contributed by atoms with Gasteiger partial charge in [-0.1, -0.05) is 12.1 Å². The summed E-state index contributed by atoms with van der Waals surface area (Å²) in [7, 11) is 0. The first kappa shape index (κ1) is 17.1. The van der Waals surface area contributed by atoms with Crippen LogP contribution in [0.1, 0.15) is 15.4 Å². The minimum Gasteiger partial charge on any atom is -0.406 e. The molecule has 0 spiro atoms. The molecule has 0 aliphatic rings. The molecule has 1 heterocycles. The number of hydrogen-bond donors (Lipinski definition) is 2. The van der Waals surface area contributed by atoms with E-state index in [1.54, 1.807) is 17.5 Å². The number of nitrogens with two attached hydrogens (primary N) is 1. The van der Waals surface area contributed by atoms with E-state index in [1.165, 1.54) is 24.3 Å². The molecule has 2 aromatic rings. The summed E-state index contributed by atoms with van der Waals surface area (Å²) >= 11 is 1.56. The molecule has 0 amide bonds. The molecule has 3 N–H and O–H groups in total. The first-order chi connectivity index (χ1) is 10.8. The molecular weight excluding hydrogens is 329 g/mol. The molecule has 0 saturated carbocycles. The molecule has 1 aromatic heterocycles. The van der Waals surface area contributed by atoms with Gasteiger partial charge in [-0.05, 0) is 24.6 Å². The Kier molecular flexibility index (Phi) is 5.43. The zero-order chi connectivity index (χ0) is 16.9. The Morgan fingerprint density at radius 1 is 1.35 bits per heavy atom. The van der Waals surface area contributed by atoms with Crippen LogP contribution in [0.25, 0.3) is 0 Å². The van der Waals surface area contributed by atoms with Crippen molar-refractivity contribution in [2.45, 2.75) is 26.4 Å². The van der Waals surface area contributed by atoms with E-state index < -0.39 is 6.36 Å². The van der Waals surface area contributed by atoms with Crippen LogP contribution in [0, 0.1) is 6.92 Å². The predicted octanol–water partition coefficient (Wildman–Crippen LogP) is 2.95. The van der Waals surface area contributed by atoms with Gasteiger partial charge in [0.2, 0.25) is 0 Å². The molecular formula is C14H15F3N4OS. The number of benzene rings is 1. The van der Waals surface area contributed by atoms with Gasteiger partial charge in [0.05, 0.1) is 13.1 Å². The van der Waals surface area contributed by atoms with Crippen LogP contribution in [0.15, 0.2) is 35.5 Å². The van der Waals surface area contributed by atoms with E-state index in [4.69, 9.17) is 5.73 Å². The Morgan fingerprint density at radius 3 is 2.61 bits per heavy atom. The molecule has 0 unspecified atom stereocenters. The van der Waals surface area contributed by atoms with Gasteiger partial charge in [0.25, 0.3) is 0 Å². The lowest BCUT2D eigenvalue weighted by atomic mass is 10.2. The van der Waals surface area contributed by atoms with Crippen molar-refractivity contribution >= 4 is 17.3 Å². The van der Waals surface area contributed by atoms with E-state index in [0.29, 0.717) is 6.54 Å². The smallest absolute Gasteiger partial charge is 0.406 e. The highest BCUT2D eigenvalue weighted by Gasteiger charge is 2.30. The molecule has 2 rings (SSSR count). The van der Waals surface area contributed by atoms with Gasteiger partial charge in [0, 0.05) is 11.1 Å². The molecule has 124 valence electrons. The average Bonchev–Trinajstić information content (AvgIpc) is 2.88. The molecule has 0 radical (unpaired) electrons. The number of alkyl halides is 3. The Labute approximate surface area is 135 Å². The van der Waals surface area contributed by atoms with Crippen LogP contribution in [-0.2, 0) is 13.1 Å². The van der Waals surface area contributed by atoms with Gasteiger partial charge in [0.1, 0.15) is 10.8 Å². The summed E-state index contributed by atoms with van der Waals surface area (Å²) in [6.07, 6.45) is -2.91. The summed E-state index contributed by atoms with van der Waals surface area (Å²) in [5, 5.41) is 3.82. The molecule has 1 aromatic carbocycles. The number of hydrogen-bond acceptors (Lipinski definition) is 4. The van der Waals surface area contributed by atoms with Crippen molar-refractivity contribution in [3.8, 4) is 5.75 Å². The second kappa shape index (κ2) is 7.32. The lowest BCUT2D eigenvalue weighted by Crippen LogP contribution is -2.31. The molecule has 5 nitrogen and oxygen atoms in total. The Balaban J connectivity index is 1.84. The number of aromatic nitrogens is 1. The van der Waals surface area contributed by atoms with Gasteiger partial charge in [-0.15, -0.1) is 24.5 Å². The van der Waals surface area contributed by atoms with Gasteiger partial charge in [-0.2, -0.15) is 0 Å². The topological polar surface area (TPSA) is 72.5 Å². The van der Waals surface area contributed by atoms with Crippen LogP contribution in [-0.4, -0.2) is 17.3 Å². The third-order valence-corrected chi connectivity index (χ3v) is 3.59. The van der Waals surface area contributed by atoms with Crippen LogP contribution in [0.3, 0.4) is 0 Å². The molecule has 0 aliphatic heterocycles. The van der Waals surface area contributed by atoms with E-state index in [-0.39, 0.29) is 18.3 Å². The van der Waals surface area contributed by atoms with Gasteiger partial charge in [0.15, 0.2) is 5.96 Å². The van der Waals surface area contributed by atoms with Crippen molar-refractivity contribution in [1.29, 1.82) is 0 Å². The summed E-state index contributed by atoms with van der Waals surface area (Å²) in [6, 6.07) is 5.48. The van der Waals surface area contributed by atoms with E-state index in [1.807, 2.05) is 6.92 Å². The third kappa shape index (κ3) is 6.15. The van der Waals surface area contributed by atoms with Gasteiger partial charge < -0.3 is 15.8 Å². The van der Waals surface area contributed by atoms with Crippen molar-refractivity contribution in [2.75, 3.05) is 0 Å². The number of aryl methyl sites for hydroxylation is 1. The summed E-state index contributed by atoms with van der Waals surface area (Å²) in [4.78, 5) is 9.41. The fourth-order valence-electron chi connectivity index (χ4n) is 1.68. The number of guanidine groups is 1. The van der Waals surface area contributed by atoms with E-state index in [0.717, 1.165) is 15.4 Å². The van der Waals surface area contributed by atoms with Crippen LogP contribution in [0.4, 0.5) is 13.2 Å². The molecule has 0 bridgehead atoms. The first-order valence-corrected chi connectivity index (χ1v) is 7.43. The predicted molar refractivity (Wildman–Crippen MR) is 82.1 cm³/mol. The number of nitrogens with zero attached hydrogens (tertiary/aromatic N) is 2. The van der Waals surface area contributed by atoms with E-state index in [2.05, 4.69) is 20.0 Å². The molecule has 23 heavy (non-hydrogen) atoms. The van der Waals surface area contributed by atoms with Gasteiger partial charge in [-0.3, -0.25) is 0 Å².